The molecule has 3 rings (SSSR count). The molecule has 94 valence electrons. The Balaban J connectivity index is 1.89. The Morgan fingerprint density at radius 3 is 3.00 bits per heavy atom. The fourth-order valence-electron chi connectivity index (χ4n) is 1.92. The molecule has 0 spiro atoms. The van der Waals surface area contributed by atoms with Crippen molar-refractivity contribution in [3.63, 3.8) is 0 Å². The molecule has 0 aliphatic carbocycles. The van der Waals surface area contributed by atoms with Gasteiger partial charge in [-0.05, 0) is 24.6 Å². The van der Waals surface area contributed by atoms with Gasteiger partial charge in [0, 0.05) is 18.1 Å². The Bertz CT molecular complexity index is 564. The molecule has 2 aromatic rings. The second-order valence-electron chi connectivity index (χ2n) is 4.25. The van der Waals surface area contributed by atoms with Crippen LogP contribution in [0.3, 0.4) is 0 Å². The van der Waals surface area contributed by atoms with Crippen molar-refractivity contribution in [2.45, 2.75) is 12.3 Å². The van der Waals surface area contributed by atoms with E-state index in [-0.39, 0.29) is 5.92 Å². The molecule has 1 aliphatic rings. The van der Waals surface area contributed by atoms with Crippen molar-refractivity contribution in [1.29, 1.82) is 0 Å². The lowest BCUT2D eigenvalue weighted by Crippen LogP contribution is -1.99. The SMILES string of the molecule is Nc1ccc(-c2nc(C3CCOC3)no2)cc1Cl. The van der Waals surface area contributed by atoms with Crippen LogP contribution in [0.2, 0.25) is 5.02 Å². The lowest BCUT2D eigenvalue weighted by Gasteiger charge is -1.99. The highest BCUT2D eigenvalue weighted by Gasteiger charge is 2.23. The van der Waals surface area contributed by atoms with Crippen LogP contribution in [-0.4, -0.2) is 23.4 Å². The van der Waals surface area contributed by atoms with Crippen LogP contribution in [-0.2, 0) is 4.74 Å². The zero-order chi connectivity index (χ0) is 12.5. The molecular weight excluding hydrogens is 254 g/mol. The number of ether oxygens (including phenoxy) is 1. The van der Waals surface area contributed by atoms with E-state index < -0.39 is 0 Å². The normalized spacial score (nSPS) is 19.3. The third-order valence-electron chi connectivity index (χ3n) is 2.98. The summed E-state index contributed by atoms with van der Waals surface area (Å²) in [5.41, 5.74) is 6.96. The minimum atomic E-state index is 0.228. The molecule has 1 aromatic carbocycles. The molecule has 0 amide bonds. The molecule has 18 heavy (non-hydrogen) atoms. The summed E-state index contributed by atoms with van der Waals surface area (Å²) >= 11 is 5.96. The van der Waals surface area contributed by atoms with Crippen molar-refractivity contribution in [3.05, 3.63) is 29.0 Å². The van der Waals surface area contributed by atoms with Crippen molar-refractivity contribution < 1.29 is 9.26 Å². The molecule has 1 aliphatic heterocycles. The molecule has 6 heteroatoms. The first-order valence-corrected chi connectivity index (χ1v) is 6.08. The molecule has 0 bridgehead atoms. The predicted molar refractivity (Wildman–Crippen MR) is 67.3 cm³/mol. The molecule has 1 atom stereocenters. The van der Waals surface area contributed by atoms with Crippen LogP contribution < -0.4 is 5.73 Å². The molecule has 2 heterocycles. The number of nitrogen functional groups attached to an aromatic ring is 1. The van der Waals surface area contributed by atoms with Gasteiger partial charge in [0.05, 0.1) is 17.3 Å². The fourth-order valence-corrected chi connectivity index (χ4v) is 2.10. The predicted octanol–water partition coefficient (Wildman–Crippen LogP) is 2.48. The minimum absolute atomic E-state index is 0.228. The molecule has 0 radical (unpaired) electrons. The van der Waals surface area contributed by atoms with Gasteiger partial charge in [-0.2, -0.15) is 4.98 Å². The van der Waals surface area contributed by atoms with E-state index in [0.29, 0.717) is 29.0 Å². The van der Waals surface area contributed by atoms with Gasteiger partial charge >= 0.3 is 0 Å². The van der Waals surface area contributed by atoms with Gasteiger partial charge in [-0.1, -0.05) is 16.8 Å². The van der Waals surface area contributed by atoms with E-state index in [2.05, 4.69) is 10.1 Å². The van der Waals surface area contributed by atoms with Crippen molar-refractivity contribution in [2.75, 3.05) is 18.9 Å². The average molecular weight is 266 g/mol. The summed E-state index contributed by atoms with van der Waals surface area (Å²) in [6, 6.07) is 5.25. The third kappa shape index (κ3) is 2.07. The summed E-state index contributed by atoms with van der Waals surface area (Å²) in [6.07, 6.45) is 0.932. The van der Waals surface area contributed by atoms with Gasteiger partial charge in [0.2, 0.25) is 0 Å². The largest absolute Gasteiger partial charge is 0.398 e. The summed E-state index contributed by atoms with van der Waals surface area (Å²) in [5.74, 6) is 1.38. The Labute approximate surface area is 109 Å². The monoisotopic (exact) mass is 265 g/mol. The first-order valence-electron chi connectivity index (χ1n) is 5.71. The number of benzene rings is 1. The van der Waals surface area contributed by atoms with E-state index in [4.69, 9.17) is 26.6 Å². The molecule has 1 unspecified atom stereocenters. The minimum Gasteiger partial charge on any atom is -0.398 e. The average Bonchev–Trinajstić information content (AvgIpc) is 3.01. The highest BCUT2D eigenvalue weighted by Crippen LogP contribution is 2.28. The fraction of sp³-hybridized carbons (Fsp3) is 0.333. The van der Waals surface area contributed by atoms with Crippen LogP contribution in [0.25, 0.3) is 11.5 Å². The number of anilines is 1. The number of hydrogen-bond acceptors (Lipinski definition) is 5. The van der Waals surface area contributed by atoms with E-state index >= 15 is 0 Å². The lowest BCUT2D eigenvalue weighted by atomic mass is 10.1. The standard InChI is InChI=1S/C12H12ClN3O2/c13-9-5-7(1-2-10(9)14)12-15-11(16-18-12)8-3-4-17-6-8/h1-2,5,8H,3-4,6,14H2. The van der Waals surface area contributed by atoms with Crippen molar-refractivity contribution >= 4 is 17.3 Å². The van der Waals surface area contributed by atoms with Crippen LogP contribution in [0.15, 0.2) is 22.7 Å². The maximum absolute atomic E-state index is 5.96. The summed E-state index contributed by atoms with van der Waals surface area (Å²) in [6.45, 7) is 1.41. The van der Waals surface area contributed by atoms with E-state index in [0.717, 1.165) is 18.6 Å². The maximum atomic E-state index is 5.96. The topological polar surface area (TPSA) is 74.2 Å². The lowest BCUT2D eigenvalue weighted by molar-refractivity contribution is 0.192. The van der Waals surface area contributed by atoms with Crippen molar-refractivity contribution in [2.24, 2.45) is 0 Å². The molecule has 1 fully saturated rings. The van der Waals surface area contributed by atoms with Crippen LogP contribution in [0, 0.1) is 0 Å². The Kier molecular flexibility index (Phi) is 2.93. The van der Waals surface area contributed by atoms with Gasteiger partial charge in [0.1, 0.15) is 0 Å². The van der Waals surface area contributed by atoms with Gasteiger partial charge in [-0.25, -0.2) is 0 Å². The number of nitrogens with two attached hydrogens (primary N) is 1. The molecule has 5 nitrogen and oxygen atoms in total. The first kappa shape index (κ1) is 11.5. The number of halogens is 1. The summed E-state index contributed by atoms with van der Waals surface area (Å²) < 4.78 is 10.5. The third-order valence-corrected chi connectivity index (χ3v) is 3.31. The summed E-state index contributed by atoms with van der Waals surface area (Å²) in [4.78, 5) is 4.38. The number of nitrogens with zero attached hydrogens (tertiary/aromatic N) is 2. The number of hydrogen-bond donors (Lipinski definition) is 1. The molecule has 1 saturated heterocycles. The Hall–Kier alpha value is -1.59. The van der Waals surface area contributed by atoms with E-state index in [1.54, 1.807) is 12.1 Å². The van der Waals surface area contributed by atoms with E-state index in [9.17, 15) is 0 Å². The number of aromatic nitrogens is 2. The van der Waals surface area contributed by atoms with Crippen molar-refractivity contribution in [1.82, 2.24) is 10.1 Å². The molecular formula is C12H12ClN3O2. The van der Waals surface area contributed by atoms with E-state index in [1.165, 1.54) is 0 Å². The quantitative estimate of drug-likeness (QED) is 0.845. The van der Waals surface area contributed by atoms with Crippen molar-refractivity contribution in [3.8, 4) is 11.5 Å². The zero-order valence-electron chi connectivity index (χ0n) is 9.60. The van der Waals surface area contributed by atoms with Gasteiger partial charge < -0.3 is 15.0 Å². The first-order chi connectivity index (χ1) is 8.74. The Morgan fingerprint density at radius 1 is 1.39 bits per heavy atom. The smallest absolute Gasteiger partial charge is 0.257 e. The second kappa shape index (κ2) is 4.59. The van der Waals surface area contributed by atoms with Gasteiger partial charge in [0.15, 0.2) is 5.82 Å². The molecule has 1 aromatic heterocycles. The summed E-state index contributed by atoms with van der Waals surface area (Å²) in [7, 11) is 0. The van der Waals surface area contributed by atoms with E-state index in [1.807, 2.05) is 6.07 Å². The summed E-state index contributed by atoms with van der Waals surface area (Å²) in [5, 5.41) is 4.47. The van der Waals surface area contributed by atoms with Gasteiger partial charge in [-0.3, -0.25) is 0 Å². The van der Waals surface area contributed by atoms with Crippen LogP contribution >= 0.6 is 11.6 Å². The molecule has 0 saturated carbocycles. The highest BCUT2D eigenvalue weighted by atomic mass is 35.5. The van der Waals surface area contributed by atoms with Crippen LogP contribution in [0.4, 0.5) is 5.69 Å². The highest BCUT2D eigenvalue weighted by molar-refractivity contribution is 6.33. The number of rotatable bonds is 2. The zero-order valence-corrected chi connectivity index (χ0v) is 10.4. The van der Waals surface area contributed by atoms with Crippen LogP contribution in [0.1, 0.15) is 18.2 Å². The van der Waals surface area contributed by atoms with Gasteiger partial charge in [0.25, 0.3) is 5.89 Å². The van der Waals surface area contributed by atoms with Crippen LogP contribution in [0.5, 0.6) is 0 Å². The Morgan fingerprint density at radius 2 is 2.28 bits per heavy atom. The molecule has 2 N–H and O–H groups in total. The second-order valence-corrected chi connectivity index (χ2v) is 4.66. The van der Waals surface area contributed by atoms with Gasteiger partial charge in [-0.15, -0.1) is 0 Å². The maximum Gasteiger partial charge on any atom is 0.257 e.